The number of carboxylic acid groups (broad SMARTS) is 1. The van der Waals surface area contributed by atoms with E-state index in [4.69, 9.17) is 0 Å². The first kappa shape index (κ1) is 17.6. The zero-order valence-electron chi connectivity index (χ0n) is 14.4. The van der Waals surface area contributed by atoms with Crippen LogP contribution in [0.4, 0.5) is 0 Å². The predicted octanol–water partition coefficient (Wildman–Crippen LogP) is 1.18. The number of β-amino-alcohol motifs (C(OH)–C–C–N with tert-alkyl or cyclic N) is 1. The summed E-state index contributed by atoms with van der Waals surface area (Å²) < 4.78 is 1.81. The lowest BCUT2D eigenvalue weighted by molar-refractivity contribution is -0.163. The molecule has 0 unspecified atom stereocenters. The SMILES string of the molecule is CCn1ncnc1CN1CC[C@](Cc2ccccc2)(C(=O)O)[C@@H](O)C1. The van der Waals surface area contributed by atoms with Crippen molar-refractivity contribution in [2.45, 2.75) is 39.0 Å². The van der Waals surface area contributed by atoms with E-state index in [1.165, 1.54) is 6.33 Å². The van der Waals surface area contributed by atoms with E-state index in [-0.39, 0.29) is 0 Å². The molecule has 1 aromatic heterocycles. The number of hydrogen-bond donors (Lipinski definition) is 2. The van der Waals surface area contributed by atoms with Crippen LogP contribution in [0.3, 0.4) is 0 Å². The number of piperidine rings is 1. The number of aliphatic hydroxyl groups excluding tert-OH is 1. The van der Waals surface area contributed by atoms with Crippen LogP contribution < -0.4 is 0 Å². The lowest BCUT2D eigenvalue weighted by atomic mass is 9.71. The molecule has 7 nitrogen and oxygen atoms in total. The number of carbonyl (C=O) groups is 1. The summed E-state index contributed by atoms with van der Waals surface area (Å²) in [7, 11) is 0. The first-order valence-electron chi connectivity index (χ1n) is 8.59. The zero-order chi connectivity index (χ0) is 17.9. The van der Waals surface area contributed by atoms with Gasteiger partial charge in [0, 0.05) is 13.1 Å². The van der Waals surface area contributed by atoms with E-state index in [2.05, 4.69) is 10.1 Å². The summed E-state index contributed by atoms with van der Waals surface area (Å²) in [6, 6.07) is 9.51. The quantitative estimate of drug-likeness (QED) is 0.818. The monoisotopic (exact) mass is 344 g/mol. The largest absolute Gasteiger partial charge is 0.481 e. The van der Waals surface area contributed by atoms with Gasteiger partial charge in [0.15, 0.2) is 0 Å². The number of benzene rings is 1. The molecular weight excluding hydrogens is 320 g/mol. The maximum absolute atomic E-state index is 12.0. The Balaban J connectivity index is 1.73. The van der Waals surface area contributed by atoms with E-state index in [1.807, 2.05) is 46.8 Å². The first-order valence-corrected chi connectivity index (χ1v) is 8.59. The maximum Gasteiger partial charge on any atom is 0.312 e. The summed E-state index contributed by atoms with van der Waals surface area (Å²) in [4.78, 5) is 18.3. The second kappa shape index (κ2) is 7.33. The lowest BCUT2D eigenvalue weighted by Gasteiger charge is -2.42. The van der Waals surface area contributed by atoms with Gasteiger partial charge in [-0.25, -0.2) is 9.67 Å². The fourth-order valence-electron chi connectivity index (χ4n) is 3.54. The number of nitrogens with zero attached hydrogens (tertiary/aromatic N) is 4. The topological polar surface area (TPSA) is 91.5 Å². The molecule has 1 aliphatic rings. The van der Waals surface area contributed by atoms with Crippen LogP contribution in [0.2, 0.25) is 0 Å². The number of aliphatic hydroxyl groups is 1. The average Bonchev–Trinajstić information content (AvgIpc) is 3.05. The minimum absolute atomic E-state index is 0.315. The molecule has 3 rings (SSSR count). The van der Waals surface area contributed by atoms with Crippen LogP contribution in [0.1, 0.15) is 24.7 Å². The van der Waals surface area contributed by atoms with Crippen LogP contribution in [0.15, 0.2) is 36.7 Å². The second-order valence-electron chi connectivity index (χ2n) is 6.62. The normalized spacial score (nSPS) is 24.3. The zero-order valence-corrected chi connectivity index (χ0v) is 14.4. The van der Waals surface area contributed by atoms with Crippen molar-refractivity contribution in [2.75, 3.05) is 13.1 Å². The van der Waals surface area contributed by atoms with Crippen LogP contribution in [0.5, 0.6) is 0 Å². The van der Waals surface area contributed by atoms with Crippen molar-refractivity contribution in [3.8, 4) is 0 Å². The number of hydrogen-bond acceptors (Lipinski definition) is 5. The Labute approximate surface area is 146 Å². The third-order valence-corrected chi connectivity index (χ3v) is 5.09. The van der Waals surface area contributed by atoms with Gasteiger partial charge in [-0.2, -0.15) is 5.10 Å². The van der Waals surface area contributed by atoms with Gasteiger partial charge in [0.05, 0.1) is 12.6 Å². The molecule has 0 bridgehead atoms. The van der Waals surface area contributed by atoms with Crippen molar-refractivity contribution in [3.05, 3.63) is 48.0 Å². The van der Waals surface area contributed by atoms with Gasteiger partial charge in [-0.1, -0.05) is 30.3 Å². The summed E-state index contributed by atoms with van der Waals surface area (Å²) in [5.41, 5.74) is -0.209. The smallest absolute Gasteiger partial charge is 0.312 e. The highest BCUT2D eigenvalue weighted by Crippen LogP contribution is 2.36. The molecular formula is C18H24N4O3. The molecule has 2 aromatic rings. The van der Waals surface area contributed by atoms with Crippen molar-refractivity contribution >= 4 is 5.97 Å². The van der Waals surface area contributed by atoms with Gasteiger partial charge in [-0.05, 0) is 31.9 Å². The van der Waals surface area contributed by atoms with Crippen molar-refractivity contribution in [1.29, 1.82) is 0 Å². The Morgan fingerprint density at radius 2 is 2.12 bits per heavy atom. The molecule has 25 heavy (non-hydrogen) atoms. The van der Waals surface area contributed by atoms with Crippen LogP contribution in [-0.4, -0.2) is 55.0 Å². The molecule has 0 saturated carbocycles. The molecule has 1 saturated heterocycles. The van der Waals surface area contributed by atoms with Gasteiger partial charge in [-0.15, -0.1) is 0 Å². The van der Waals surface area contributed by atoms with Crippen LogP contribution in [-0.2, 0) is 24.3 Å². The Morgan fingerprint density at radius 3 is 2.76 bits per heavy atom. The second-order valence-corrected chi connectivity index (χ2v) is 6.62. The molecule has 7 heteroatoms. The lowest BCUT2D eigenvalue weighted by Crippen LogP contribution is -2.55. The van der Waals surface area contributed by atoms with E-state index in [0.29, 0.717) is 32.5 Å². The number of carboxylic acids is 1. The van der Waals surface area contributed by atoms with Crippen molar-refractivity contribution < 1.29 is 15.0 Å². The Morgan fingerprint density at radius 1 is 1.36 bits per heavy atom. The number of aryl methyl sites for hydroxylation is 1. The summed E-state index contributed by atoms with van der Waals surface area (Å²) in [5.74, 6) is -0.0965. The first-order chi connectivity index (χ1) is 12.0. The molecule has 1 aromatic carbocycles. The summed E-state index contributed by atoms with van der Waals surface area (Å²) in [6.07, 6.45) is 1.33. The standard InChI is InChI=1S/C18H24N4O3/c1-2-22-16(19-13-20-22)12-21-9-8-18(17(24)25,15(23)11-21)10-14-6-4-3-5-7-14/h3-7,13,15,23H,2,8-12H2,1H3,(H,24,25)/t15-,18+/m0/s1. The molecule has 1 fully saturated rings. The third-order valence-electron chi connectivity index (χ3n) is 5.09. The van der Waals surface area contributed by atoms with E-state index in [1.54, 1.807) is 0 Å². The summed E-state index contributed by atoms with van der Waals surface area (Å²) in [6.45, 7) is 4.21. The highest BCUT2D eigenvalue weighted by Gasteiger charge is 2.48. The molecule has 0 radical (unpaired) electrons. The molecule has 0 amide bonds. The minimum atomic E-state index is -1.14. The fraction of sp³-hybridized carbons (Fsp3) is 0.500. The van der Waals surface area contributed by atoms with E-state index < -0.39 is 17.5 Å². The van der Waals surface area contributed by atoms with E-state index in [9.17, 15) is 15.0 Å². The summed E-state index contributed by atoms with van der Waals surface area (Å²) >= 11 is 0. The van der Waals surface area contributed by atoms with Crippen LogP contribution in [0.25, 0.3) is 0 Å². The highest BCUT2D eigenvalue weighted by atomic mass is 16.4. The van der Waals surface area contributed by atoms with Gasteiger partial charge in [0.2, 0.25) is 0 Å². The number of likely N-dealkylation sites (tertiary alicyclic amines) is 1. The van der Waals surface area contributed by atoms with Crippen LogP contribution in [0, 0.1) is 5.41 Å². The highest BCUT2D eigenvalue weighted by molar-refractivity contribution is 5.76. The summed E-state index contributed by atoms with van der Waals surface area (Å²) in [5, 5.41) is 24.7. The van der Waals surface area contributed by atoms with Crippen LogP contribution >= 0.6 is 0 Å². The maximum atomic E-state index is 12.0. The Hall–Kier alpha value is -2.25. The van der Waals surface area contributed by atoms with Crippen molar-refractivity contribution in [3.63, 3.8) is 0 Å². The Bertz CT molecular complexity index is 718. The van der Waals surface area contributed by atoms with Gasteiger partial charge >= 0.3 is 5.97 Å². The van der Waals surface area contributed by atoms with Crippen molar-refractivity contribution in [2.24, 2.45) is 5.41 Å². The Kier molecular flexibility index (Phi) is 5.15. The third kappa shape index (κ3) is 3.57. The van der Waals surface area contributed by atoms with Gasteiger partial charge < -0.3 is 10.2 Å². The van der Waals surface area contributed by atoms with Crippen molar-refractivity contribution in [1.82, 2.24) is 19.7 Å². The molecule has 2 atom stereocenters. The average molecular weight is 344 g/mol. The van der Waals surface area contributed by atoms with Gasteiger partial charge in [0.25, 0.3) is 0 Å². The molecule has 0 spiro atoms. The predicted molar refractivity (Wildman–Crippen MR) is 91.8 cm³/mol. The molecule has 2 N–H and O–H groups in total. The molecule has 134 valence electrons. The van der Waals surface area contributed by atoms with Gasteiger partial charge in [0.1, 0.15) is 17.6 Å². The van der Waals surface area contributed by atoms with Gasteiger partial charge in [-0.3, -0.25) is 9.69 Å². The molecule has 0 aliphatic carbocycles. The number of aromatic nitrogens is 3. The minimum Gasteiger partial charge on any atom is -0.481 e. The number of aliphatic carboxylic acids is 1. The van der Waals surface area contributed by atoms with E-state index in [0.717, 1.165) is 17.9 Å². The fourth-order valence-corrected chi connectivity index (χ4v) is 3.54. The molecule has 1 aliphatic heterocycles. The number of rotatable bonds is 6. The molecule has 2 heterocycles. The van der Waals surface area contributed by atoms with E-state index >= 15 is 0 Å².